The van der Waals surface area contributed by atoms with Gasteiger partial charge >= 0.3 is 5.97 Å². The van der Waals surface area contributed by atoms with Crippen molar-refractivity contribution in [2.24, 2.45) is 11.7 Å². The van der Waals surface area contributed by atoms with Crippen LogP contribution in [0.1, 0.15) is 51.9 Å². The number of pyridine rings is 1. The summed E-state index contributed by atoms with van der Waals surface area (Å²) in [5.74, 6) is -0.527. The Hall–Kier alpha value is -3.53. The predicted molar refractivity (Wildman–Crippen MR) is 155 cm³/mol. The molecule has 4 aromatic rings. The minimum absolute atomic E-state index is 0.0249. The van der Waals surface area contributed by atoms with Gasteiger partial charge in [-0.05, 0) is 46.0 Å². The molecule has 206 valence electrons. The molecule has 0 bridgehead atoms. The van der Waals surface area contributed by atoms with Crippen molar-refractivity contribution in [1.29, 1.82) is 0 Å². The molecule has 7 nitrogen and oxygen atoms in total. The monoisotopic (exact) mass is 556 g/mol. The highest BCUT2D eigenvalue weighted by atomic mass is 32.2. The summed E-state index contributed by atoms with van der Waals surface area (Å²) in [5, 5.41) is 19.5. The van der Waals surface area contributed by atoms with Crippen molar-refractivity contribution in [2.75, 3.05) is 5.75 Å². The summed E-state index contributed by atoms with van der Waals surface area (Å²) in [7, 11) is 0. The van der Waals surface area contributed by atoms with Crippen LogP contribution in [0.3, 0.4) is 0 Å². The molecule has 1 aliphatic heterocycles. The van der Waals surface area contributed by atoms with Crippen molar-refractivity contribution in [2.45, 2.75) is 43.6 Å². The van der Waals surface area contributed by atoms with Crippen LogP contribution in [0.15, 0.2) is 96.2 Å². The quantitative estimate of drug-likeness (QED) is 0.216. The minimum atomic E-state index is -1.01. The summed E-state index contributed by atoms with van der Waals surface area (Å²) >= 11 is 1.37. The van der Waals surface area contributed by atoms with Crippen LogP contribution in [-0.2, 0) is 22.6 Å². The number of carboxylic acid groups (broad SMARTS) is 1. The van der Waals surface area contributed by atoms with Gasteiger partial charge in [-0.15, -0.1) is 11.8 Å². The molecular formula is C32H32N2O5S. The first-order valence-electron chi connectivity index (χ1n) is 13.2. The minimum Gasteiger partial charge on any atom is -0.478 e. The normalized spacial score (nSPS) is 20.8. The number of ether oxygens (including phenoxy) is 2. The number of aromatic carboxylic acids is 1. The average Bonchev–Trinajstić information content (AvgIpc) is 3.01. The third kappa shape index (κ3) is 6.27. The maximum absolute atomic E-state index is 11.7. The first kappa shape index (κ1) is 28.0. The van der Waals surface area contributed by atoms with E-state index in [9.17, 15) is 15.0 Å². The summed E-state index contributed by atoms with van der Waals surface area (Å²) in [6.45, 7) is 2.54. The van der Waals surface area contributed by atoms with E-state index in [4.69, 9.17) is 15.2 Å². The van der Waals surface area contributed by atoms with Gasteiger partial charge in [0.05, 0.1) is 24.4 Å². The first-order chi connectivity index (χ1) is 19.5. The third-order valence-corrected chi connectivity index (χ3v) is 8.28. The lowest BCUT2D eigenvalue weighted by Crippen LogP contribution is -2.38. The van der Waals surface area contributed by atoms with Crippen LogP contribution in [0.4, 0.5) is 0 Å². The van der Waals surface area contributed by atoms with E-state index in [1.54, 1.807) is 18.3 Å². The Morgan fingerprint density at radius 2 is 1.68 bits per heavy atom. The molecule has 5 rings (SSSR count). The fourth-order valence-electron chi connectivity index (χ4n) is 4.85. The first-order valence-corrected chi connectivity index (χ1v) is 14.2. The largest absolute Gasteiger partial charge is 0.478 e. The summed E-state index contributed by atoms with van der Waals surface area (Å²) < 4.78 is 13.1. The van der Waals surface area contributed by atoms with E-state index < -0.39 is 12.3 Å². The number of aromatic nitrogens is 1. The molecule has 1 fully saturated rings. The smallest absolute Gasteiger partial charge is 0.338 e. The van der Waals surface area contributed by atoms with Crippen molar-refractivity contribution in [3.05, 3.63) is 119 Å². The molecule has 0 unspecified atom stereocenters. The molecule has 2 heterocycles. The Kier molecular flexibility index (Phi) is 8.94. The fourth-order valence-corrected chi connectivity index (χ4v) is 6.00. The van der Waals surface area contributed by atoms with E-state index in [0.29, 0.717) is 17.3 Å². The Bertz CT molecular complexity index is 1440. The van der Waals surface area contributed by atoms with Crippen molar-refractivity contribution in [1.82, 2.24) is 4.98 Å². The zero-order chi connectivity index (χ0) is 28.1. The van der Waals surface area contributed by atoms with E-state index >= 15 is 0 Å². The molecule has 1 aromatic heterocycles. The number of aliphatic hydroxyl groups excluding tert-OH is 1. The van der Waals surface area contributed by atoms with Crippen molar-refractivity contribution in [3.63, 3.8) is 0 Å². The molecule has 0 saturated carbocycles. The van der Waals surface area contributed by atoms with Gasteiger partial charge in [0.1, 0.15) is 5.03 Å². The summed E-state index contributed by atoms with van der Waals surface area (Å²) in [5.41, 5.74) is 12.0. The fraction of sp³-hybridized carbons (Fsp3) is 0.250. The van der Waals surface area contributed by atoms with Crippen LogP contribution in [0, 0.1) is 5.92 Å². The van der Waals surface area contributed by atoms with Crippen molar-refractivity contribution < 1.29 is 24.5 Å². The second-order valence-corrected chi connectivity index (χ2v) is 10.8. The molecule has 4 N–H and O–H groups in total. The van der Waals surface area contributed by atoms with Crippen molar-refractivity contribution >= 4 is 17.7 Å². The summed E-state index contributed by atoms with van der Waals surface area (Å²) in [6, 6.07) is 27.3. The van der Waals surface area contributed by atoms with Gasteiger partial charge in [-0.1, -0.05) is 73.7 Å². The maximum atomic E-state index is 11.7. The lowest BCUT2D eigenvalue weighted by atomic mass is 9.91. The number of nitrogens with two attached hydrogens (primary N) is 1. The predicted octanol–water partition coefficient (Wildman–Crippen LogP) is 5.98. The molecule has 0 spiro atoms. The molecule has 1 aliphatic rings. The third-order valence-electron chi connectivity index (χ3n) is 7.19. The number of benzene rings is 3. The summed E-state index contributed by atoms with van der Waals surface area (Å²) in [6.07, 6.45) is 0.482. The second-order valence-electron chi connectivity index (χ2n) is 9.82. The van der Waals surface area contributed by atoms with Crippen molar-refractivity contribution in [3.8, 4) is 11.1 Å². The number of aliphatic hydroxyl groups is 1. The number of carbonyl (C=O) groups is 1. The standard InChI is InChI=1S/C32H32N2O5S/c1-20-28(19-40-30-27(31(36)37)6-3-15-34-30)38-32(39-29(20)24-9-7-21(18-35)8-10-24)25-13-11-23(12-14-25)26-5-2-4-22(16-26)17-33/h2-16,20,28-29,32,35H,17-19,33H2,1H3,(H,36,37)/t20-,28+,29+,32+/m1/s1. The number of hydrogen-bond donors (Lipinski definition) is 3. The van der Waals surface area contributed by atoms with Gasteiger partial charge in [0.25, 0.3) is 0 Å². The van der Waals surface area contributed by atoms with E-state index in [1.165, 1.54) is 11.8 Å². The van der Waals surface area contributed by atoms with Gasteiger partial charge in [0.2, 0.25) is 0 Å². The number of rotatable bonds is 9. The topological polar surface area (TPSA) is 115 Å². The van der Waals surface area contributed by atoms with Gasteiger partial charge in [-0.3, -0.25) is 0 Å². The second kappa shape index (κ2) is 12.8. The van der Waals surface area contributed by atoms with E-state index in [0.717, 1.165) is 33.4 Å². The van der Waals surface area contributed by atoms with Gasteiger partial charge in [-0.25, -0.2) is 9.78 Å². The molecular weight excluding hydrogens is 524 g/mol. The molecule has 4 atom stereocenters. The Morgan fingerprint density at radius 3 is 2.38 bits per heavy atom. The van der Waals surface area contributed by atoms with Crippen LogP contribution in [-0.4, -0.2) is 33.0 Å². The van der Waals surface area contributed by atoms with Gasteiger partial charge in [0, 0.05) is 30.0 Å². The van der Waals surface area contributed by atoms with Crippen LogP contribution < -0.4 is 5.73 Å². The van der Waals surface area contributed by atoms with E-state index in [-0.39, 0.29) is 30.3 Å². The Morgan fingerprint density at radius 1 is 0.925 bits per heavy atom. The molecule has 8 heteroatoms. The van der Waals surface area contributed by atoms with Gasteiger partial charge in [0.15, 0.2) is 6.29 Å². The molecule has 0 aliphatic carbocycles. The Balaban J connectivity index is 1.41. The molecule has 0 amide bonds. The zero-order valence-electron chi connectivity index (χ0n) is 22.1. The maximum Gasteiger partial charge on any atom is 0.338 e. The highest BCUT2D eigenvalue weighted by Gasteiger charge is 2.38. The van der Waals surface area contributed by atoms with Gasteiger partial charge in [-0.2, -0.15) is 0 Å². The zero-order valence-corrected chi connectivity index (χ0v) is 23.0. The number of hydrogen-bond acceptors (Lipinski definition) is 7. The average molecular weight is 557 g/mol. The lowest BCUT2D eigenvalue weighted by Gasteiger charge is -2.41. The SMILES string of the molecule is C[C@@H]1[C@H](CSc2ncccc2C(=O)O)O[C@H](c2ccc(-c3cccc(CN)c3)cc2)O[C@@H]1c1ccc(CO)cc1. The molecule has 0 radical (unpaired) electrons. The number of carboxylic acids is 1. The van der Waals surface area contributed by atoms with Crippen LogP contribution in [0.2, 0.25) is 0 Å². The highest BCUT2D eigenvalue weighted by molar-refractivity contribution is 7.99. The lowest BCUT2D eigenvalue weighted by molar-refractivity contribution is -0.268. The number of nitrogens with zero attached hydrogens (tertiary/aromatic N) is 1. The van der Waals surface area contributed by atoms with Crippen LogP contribution in [0.25, 0.3) is 11.1 Å². The van der Waals surface area contributed by atoms with Crippen LogP contribution >= 0.6 is 11.8 Å². The van der Waals surface area contributed by atoms with Crippen LogP contribution in [0.5, 0.6) is 0 Å². The molecule has 3 aromatic carbocycles. The Labute approximate surface area is 238 Å². The molecule has 40 heavy (non-hydrogen) atoms. The van der Waals surface area contributed by atoms with E-state index in [2.05, 4.69) is 36.2 Å². The van der Waals surface area contributed by atoms with Gasteiger partial charge < -0.3 is 25.4 Å². The highest BCUT2D eigenvalue weighted by Crippen LogP contribution is 2.43. The van der Waals surface area contributed by atoms with E-state index in [1.807, 2.05) is 48.5 Å². The summed E-state index contributed by atoms with van der Waals surface area (Å²) in [4.78, 5) is 16.0. The molecule has 1 saturated heterocycles. The number of thioether (sulfide) groups is 1.